The molecule has 0 saturated heterocycles. The Balaban J connectivity index is 2.78. The van der Waals surface area contributed by atoms with Crippen molar-refractivity contribution in [2.45, 2.75) is 6.10 Å². The number of methoxy groups -OCH3 is 2. The van der Waals surface area contributed by atoms with Crippen molar-refractivity contribution in [3.05, 3.63) is 18.2 Å². The third-order valence-electron chi connectivity index (χ3n) is 2.52. The molecule has 0 heterocycles. The van der Waals surface area contributed by atoms with Crippen LogP contribution >= 0.6 is 0 Å². The van der Waals surface area contributed by atoms with E-state index in [1.165, 1.54) is 0 Å². The van der Waals surface area contributed by atoms with Crippen LogP contribution in [-0.2, 0) is 4.74 Å². The van der Waals surface area contributed by atoms with Crippen LogP contribution in [0.2, 0.25) is 0 Å². The summed E-state index contributed by atoms with van der Waals surface area (Å²) in [5.41, 5.74) is 7.37. The molecule has 1 rings (SSSR count). The van der Waals surface area contributed by atoms with E-state index in [0.717, 1.165) is 5.69 Å². The van der Waals surface area contributed by atoms with E-state index < -0.39 is 6.10 Å². The molecular formula is C12H20N2O3. The second kappa shape index (κ2) is 6.32. The Morgan fingerprint density at radius 2 is 2.12 bits per heavy atom. The molecule has 0 amide bonds. The zero-order valence-corrected chi connectivity index (χ0v) is 10.5. The molecule has 5 nitrogen and oxygen atoms in total. The lowest BCUT2D eigenvalue weighted by Crippen LogP contribution is -2.32. The maximum absolute atomic E-state index is 9.66. The number of nitrogen functional groups attached to an aromatic ring is 1. The van der Waals surface area contributed by atoms with Gasteiger partial charge in [0.2, 0.25) is 0 Å². The molecule has 0 aromatic heterocycles. The third kappa shape index (κ3) is 3.51. The fourth-order valence-corrected chi connectivity index (χ4v) is 1.70. The average molecular weight is 240 g/mol. The van der Waals surface area contributed by atoms with Crippen LogP contribution < -0.4 is 15.4 Å². The normalized spacial score (nSPS) is 12.2. The number of hydrogen-bond acceptors (Lipinski definition) is 5. The van der Waals surface area contributed by atoms with Crippen molar-refractivity contribution in [3.8, 4) is 5.75 Å². The number of anilines is 2. The molecule has 0 radical (unpaired) electrons. The molecule has 3 N–H and O–H groups in total. The molecule has 1 aromatic carbocycles. The van der Waals surface area contributed by atoms with E-state index in [1.807, 2.05) is 24.1 Å². The Kier molecular flexibility index (Phi) is 5.06. The van der Waals surface area contributed by atoms with Crippen LogP contribution in [0.1, 0.15) is 0 Å². The summed E-state index contributed by atoms with van der Waals surface area (Å²) in [6.45, 7) is 0.749. The molecule has 17 heavy (non-hydrogen) atoms. The minimum absolute atomic E-state index is 0.300. The van der Waals surface area contributed by atoms with Gasteiger partial charge in [-0.3, -0.25) is 0 Å². The number of aliphatic hydroxyl groups excluding tert-OH is 1. The van der Waals surface area contributed by atoms with E-state index >= 15 is 0 Å². The van der Waals surface area contributed by atoms with Crippen molar-refractivity contribution < 1.29 is 14.6 Å². The summed E-state index contributed by atoms with van der Waals surface area (Å²) in [7, 11) is 5.00. The van der Waals surface area contributed by atoms with Gasteiger partial charge in [0, 0.05) is 20.7 Å². The second-order valence-electron chi connectivity index (χ2n) is 3.88. The fraction of sp³-hybridized carbons (Fsp3) is 0.500. The molecule has 0 saturated carbocycles. The number of aliphatic hydroxyl groups is 1. The highest BCUT2D eigenvalue weighted by atomic mass is 16.5. The summed E-state index contributed by atoms with van der Waals surface area (Å²) in [6.07, 6.45) is -0.546. The molecule has 0 aliphatic carbocycles. The number of benzene rings is 1. The molecule has 0 aliphatic rings. The van der Waals surface area contributed by atoms with Gasteiger partial charge in [0.25, 0.3) is 0 Å². The lowest BCUT2D eigenvalue weighted by atomic mass is 10.2. The zero-order chi connectivity index (χ0) is 12.8. The molecule has 5 heteroatoms. The van der Waals surface area contributed by atoms with Gasteiger partial charge in [-0.1, -0.05) is 6.07 Å². The van der Waals surface area contributed by atoms with Crippen LogP contribution in [-0.4, -0.2) is 45.6 Å². The first-order valence-corrected chi connectivity index (χ1v) is 5.40. The fourth-order valence-electron chi connectivity index (χ4n) is 1.70. The third-order valence-corrected chi connectivity index (χ3v) is 2.52. The van der Waals surface area contributed by atoms with E-state index in [9.17, 15) is 5.11 Å². The van der Waals surface area contributed by atoms with Gasteiger partial charge in [-0.05, 0) is 12.1 Å². The van der Waals surface area contributed by atoms with Gasteiger partial charge in [0.1, 0.15) is 5.75 Å². The highest BCUT2D eigenvalue weighted by Gasteiger charge is 2.13. The Hall–Kier alpha value is -1.46. The highest BCUT2D eigenvalue weighted by molar-refractivity contribution is 5.73. The predicted octanol–water partition coefficient (Wildman–Crippen LogP) is 0.721. The zero-order valence-electron chi connectivity index (χ0n) is 10.5. The Morgan fingerprint density at radius 3 is 2.71 bits per heavy atom. The molecule has 0 spiro atoms. The van der Waals surface area contributed by atoms with Gasteiger partial charge in [-0.25, -0.2) is 0 Å². The van der Waals surface area contributed by atoms with Crippen LogP contribution in [0.4, 0.5) is 11.4 Å². The Labute approximate surface area is 102 Å². The number of para-hydroxylation sites is 1. The molecular weight excluding hydrogens is 220 g/mol. The summed E-state index contributed by atoms with van der Waals surface area (Å²) in [4.78, 5) is 1.88. The minimum Gasteiger partial charge on any atom is -0.495 e. The highest BCUT2D eigenvalue weighted by Crippen LogP contribution is 2.31. The maximum atomic E-state index is 9.66. The van der Waals surface area contributed by atoms with Crippen LogP contribution in [0.3, 0.4) is 0 Å². The monoisotopic (exact) mass is 240 g/mol. The van der Waals surface area contributed by atoms with Crippen molar-refractivity contribution in [2.75, 3.05) is 45.1 Å². The number of ether oxygens (including phenoxy) is 2. The predicted molar refractivity (Wildman–Crippen MR) is 68.6 cm³/mol. The van der Waals surface area contributed by atoms with Gasteiger partial charge in [0.15, 0.2) is 0 Å². The van der Waals surface area contributed by atoms with Crippen LogP contribution in [0.15, 0.2) is 18.2 Å². The number of likely N-dealkylation sites (N-methyl/N-ethyl adjacent to an activating group) is 1. The summed E-state index contributed by atoms with van der Waals surface area (Å²) in [5, 5.41) is 9.66. The molecule has 96 valence electrons. The molecule has 1 unspecified atom stereocenters. The summed E-state index contributed by atoms with van der Waals surface area (Å²) >= 11 is 0. The van der Waals surface area contributed by atoms with E-state index in [2.05, 4.69) is 0 Å². The largest absolute Gasteiger partial charge is 0.495 e. The second-order valence-corrected chi connectivity index (χ2v) is 3.88. The standard InChI is InChI=1S/C12H20N2O3/c1-14(7-9(15)8-16-2)10-5-4-6-11(17-3)12(10)13/h4-6,9,15H,7-8,13H2,1-3H3. The SMILES string of the molecule is COCC(O)CN(C)c1cccc(OC)c1N. The van der Waals surface area contributed by atoms with Crippen LogP contribution in [0.25, 0.3) is 0 Å². The van der Waals surface area contributed by atoms with E-state index in [0.29, 0.717) is 24.6 Å². The quantitative estimate of drug-likeness (QED) is 0.717. The first-order chi connectivity index (χ1) is 8.10. The maximum Gasteiger partial charge on any atom is 0.143 e. The topological polar surface area (TPSA) is 68.0 Å². The van der Waals surface area contributed by atoms with Gasteiger partial charge < -0.3 is 25.2 Å². The van der Waals surface area contributed by atoms with Crippen LogP contribution in [0, 0.1) is 0 Å². The summed E-state index contributed by atoms with van der Waals surface area (Å²) < 4.78 is 10.0. The van der Waals surface area contributed by atoms with Crippen molar-refractivity contribution in [1.29, 1.82) is 0 Å². The summed E-state index contributed by atoms with van der Waals surface area (Å²) in [5.74, 6) is 0.635. The molecule has 0 fully saturated rings. The van der Waals surface area contributed by atoms with Crippen molar-refractivity contribution >= 4 is 11.4 Å². The minimum atomic E-state index is -0.546. The first-order valence-electron chi connectivity index (χ1n) is 5.40. The van der Waals surface area contributed by atoms with Gasteiger partial charge in [0.05, 0.1) is 31.2 Å². The average Bonchev–Trinajstić information content (AvgIpc) is 2.29. The lowest BCUT2D eigenvalue weighted by Gasteiger charge is -2.24. The molecule has 1 atom stereocenters. The van der Waals surface area contributed by atoms with Gasteiger partial charge in [-0.2, -0.15) is 0 Å². The van der Waals surface area contributed by atoms with E-state index in [-0.39, 0.29) is 0 Å². The molecule has 0 aliphatic heterocycles. The Bertz CT molecular complexity index is 358. The summed E-state index contributed by atoms with van der Waals surface area (Å²) in [6, 6.07) is 5.55. The van der Waals surface area contributed by atoms with Gasteiger partial charge >= 0.3 is 0 Å². The number of hydrogen-bond donors (Lipinski definition) is 2. The smallest absolute Gasteiger partial charge is 0.143 e. The van der Waals surface area contributed by atoms with Gasteiger partial charge in [-0.15, -0.1) is 0 Å². The Morgan fingerprint density at radius 1 is 1.41 bits per heavy atom. The van der Waals surface area contributed by atoms with Crippen molar-refractivity contribution in [3.63, 3.8) is 0 Å². The molecule has 1 aromatic rings. The van der Waals surface area contributed by atoms with Crippen molar-refractivity contribution in [2.24, 2.45) is 0 Å². The van der Waals surface area contributed by atoms with Crippen molar-refractivity contribution in [1.82, 2.24) is 0 Å². The van der Waals surface area contributed by atoms with E-state index in [4.69, 9.17) is 15.2 Å². The number of nitrogens with two attached hydrogens (primary N) is 1. The lowest BCUT2D eigenvalue weighted by molar-refractivity contribution is 0.0695. The van der Waals surface area contributed by atoms with Crippen LogP contribution in [0.5, 0.6) is 5.75 Å². The number of rotatable bonds is 6. The first kappa shape index (κ1) is 13.6. The van der Waals surface area contributed by atoms with E-state index in [1.54, 1.807) is 20.3 Å². The number of nitrogens with zero attached hydrogens (tertiary/aromatic N) is 1. The molecule has 0 bridgehead atoms.